The van der Waals surface area contributed by atoms with Gasteiger partial charge >= 0.3 is 5.97 Å². The summed E-state index contributed by atoms with van der Waals surface area (Å²) in [6.07, 6.45) is 0.599. The molecule has 0 spiro atoms. The van der Waals surface area contributed by atoms with Crippen molar-refractivity contribution in [1.29, 1.82) is 0 Å². The van der Waals surface area contributed by atoms with E-state index in [1.54, 1.807) is 13.0 Å². The van der Waals surface area contributed by atoms with Gasteiger partial charge in [0, 0.05) is 7.11 Å². The zero-order valence-corrected chi connectivity index (χ0v) is 15.3. The molecule has 0 fully saturated rings. The number of esters is 1. The molecule has 0 N–H and O–H groups in total. The van der Waals surface area contributed by atoms with Gasteiger partial charge in [0.25, 0.3) is 0 Å². The first kappa shape index (κ1) is 19.7. The van der Waals surface area contributed by atoms with Gasteiger partial charge in [0.15, 0.2) is 18.4 Å². The SMILES string of the molecule is CCOC(=O)/C(=C(\CC)c1ccccc1)c1ccc(OCOC)c(F)c1. The van der Waals surface area contributed by atoms with E-state index in [0.29, 0.717) is 17.6 Å². The number of hydrogen-bond donors (Lipinski definition) is 0. The first-order valence-electron chi connectivity index (χ1n) is 8.49. The average molecular weight is 358 g/mol. The lowest BCUT2D eigenvalue weighted by Gasteiger charge is -2.15. The van der Waals surface area contributed by atoms with Crippen molar-refractivity contribution in [3.05, 3.63) is 65.5 Å². The lowest BCUT2D eigenvalue weighted by Crippen LogP contribution is -2.10. The fraction of sp³-hybridized carbons (Fsp3) is 0.286. The topological polar surface area (TPSA) is 44.8 Å². The molecule has 0 aromatic heterocycles. The van der Waals surface area contributed by atoms with Crippen molar-refractivity contribution in [2.75, 3.05) is 20.5 Å². The van der Waals surface area contributed by atoms with Crippen LogP contribution in [0.4, 0.5) is 4.39 Å². The minimum Gasteiger partial charge on any atom is -0.464 e. The Hall–Kier alpha value is -2.66. The number of halogens is 1. The number of rotatable bonds is 8. The first-order valence-corrected chi connectivity index (χ1v) is 8.49. The summed E-state index contributed by atoms with van der Waals surface area (Å²) in [5.41, 5.74) is 2.51. The van der Waals surface area contributed by atoms with E-state index in [0.717, 1.165) is 11.1 Å². The molecule has 0 bridgehead atoms. The molecule has 0 saturated heterocycles. The van der Waals surface area contributed by atoms with E-state index in [1.807, 2.05) is 37.3 Å². The molecule has 0 radical (unpaired) electrons. The molecule has 26 heavy (non-hydrogen) atoms. The predicted octanol–water partition coefficient (Wildman–Crippen LogP) is 4.69. The summed E-state index contributed by atoms with van der Waals surface area (Å²) < 4.78 is 29.6. The Bertz CT molecular complexity index is 769. The molecular weight excluding hydrogens is 335 g/mol. The van der Waals surface area contributed by atoms with Gasteiger partial charge in [0.1, 0.15) is 0 Å². The van der Waals surface area contributed by atoms with Gasteiger partial charge < -0.3 is 14.2 Å². The van der Waals surface area contributed by atoms with Crippen molar-refractivity contribution in [2.24, 2.45) is 0 Å². The van der Waals surface area contributed by atoms with Crippen LogP contribution in [0.2, 0.25) is 0 Å². The summed E-state index contributed by atoms with van der Waals surface area (Å²) in [5.74, 6) is -0.973. The fourth-order valence-corrected chi connectivity index (χ4v) is 2.68. The Morgan fingerprint density at radius 1 is 1.04 bits per heavy atom. The fourth-order valence-electron chi connectivity index (χ4n) is 2.68. The molecule has 0 aliphatic carbocycles. The molecule has 5 heteroatoms. The zero-order valence-electron chi connectivity index (χ0n) is 15.3. The minimum absolute atomic E-state index is 0.0545. The second kappa shape index (κ2) is 9.73. The lowest BCUT2D eigenvalue weighted by molar-refractivity contribution is -0.136. The van der Waals surface area contributed by atoms with Gasteiger partial charge in [-0.2, -0.15) is 0 Å². The molecule has 2 rings (SSSR count). The van der Waals surface area contributed by atoms with Crippen LogP contribution in [0.25, 0.3) is 11.1 Å². The normalized spacial score (nSPS) is 11.7. The van der Waals surface area contributed by atoms with Crippen molar-refractivity contribution in [1.82, 2.24) is 0 Å². The zero-order chi connectivity index (χ0) is 18.9. The van der Waals surface area contributed by atoms with Crippen LogP contribution in [-0.2, 0) is 14.3 Å². The summed E-state index contributed by atoms with van der Waals surface area (Å²) in [7, 11) is 1.46. The van der Waals surface area contributed by atoms with Crippen LogP contribution in [0.1, 0.15) is 31.4 Å². The van der Waals surface area contributed by atoms with Gasteiger partial charge in [-0.1, -0.05) is 43.3 Å². The van der Waals surface area contributed by atoms with Crippen molar-refractivity contribution in [3.63, 3.8) is 0 Å². The number of allylic oxidation sites excluding steroid dienone is 1. The average Bonchev–Trinajstić information content (AvgIpc) is 2.66. The summed E-state index contributed by atoms with van der Waals surface area (Å²) in [5, 5.41) is 0. The quantitative estimate of drug-likeness (QED) is 0.297. The highest BCUT2D eigenvalue weighted by Crippen LogP contribution is 2.32. The van der Waals surface area contributed by atoms with Crippen molar-refractivity contribution in [3.8, 4) is 5.75 Å². The molecule has 0 aliphatic heterocycles. The molecule has 138 valence electrons. The van der Waals surface area contributed by atoms with Crippen LogP contribution in [0.5, 0.6) is 5.75 Å². The Morgan fingerprint density at radius 3 is 2.35 bits per heavy atom. The van der Waals surface area contributed by atoms with Gasteiger partial charge in [-0.05, 0) is 42.2 Å². The van der Waals surface area contributed by atoms with E-state index in [-0.39, 0.29) is 19.1 Å². The van der Waals surface area contributed by atoms with E-state index in [2.05, 4.69) is 0 Å². The highest BCUT2D eigenvalue weighted by atomic mass is 19.1. The molecule has 0 heterocycles. The van der Waals surface area contributed by atoms with Gasteiger partial charge in [-0.25, -0.2) is 9.18 Å². The largest absolute Gasteiger partial charge is 0.464 e. The van der Waals surface area contributed by atoms with Crippen LogP contribution >= 0.6 is 0 Å². The Balaban J connectivity index is 2.56. The van der Waals surface area contributed by atoms with E-state index >= 15 is 0 Å². The molecule has 2 aromatic rings. The maximum Gasteiger partial charge on any atom is 0.339 e. The van der Waals surface area contributed by atoms with Crippen molar-refractivity contribution >= 4 is 17.1 Å². The molecule has 4 nitrogen and oxygen atoms in total. The lowest BCUT2D eigenvalue weighted by atomic mass is 9.92. The smallest absolute Gasteiger partial charge is 0.339 e. The summed E-state index contributed by atoms with van der Waals surface area (Å²) in [6.45, 7) is 3.88. The van der Waals surface area contributed by atoms with Gasteiger partial charge in [-0.3, -0.25) is 0 Å². The van der Waals surface area contributed by atoms with Crippen LogP contribution in [0, 0.1) is 5.82 Å². The van der Waals surface area contributed by atoms with Crippen LogP contribution in [-0.4, -0.2) is 26.5 Å². The van der Waals surface area contributed by atoms with Gasteiger partial charge in [-0.15, -0.1) is 0 Å². The second-order valence-electron chi connectivity index (χ2n) is 5.49. The molecular formula is C21H23FO4. The third kappa shape index (κ3) is 4.70. The van der Waals surface area contributed by atoms with E-state index in [9.17, 15) is 9.18 Å². The van der Waals surface area contributed by atoms with E-state index in [4.69, 9.17) is 14.2 Å². The number of carbonyl (C=O) groups excluding carboxylic acids is 1. The standard InChI is InChI=1S/C21H23FO4/c1-4-17(15-9-7-6-8-10-15)20(21(23)25-5-2)16-11-12-19(18(22)13-16)26-14-24-3/h6-13H,4-5,14H2,1-3H3/b20-17+. The van der Waals surface area contributed by atoms with Crippen molar-refractivity contribution < 1.29 is 23.4 Å². The number of carbonyl (C=O) groups is 1. The summed E-state index contributed by atoms with van der Waals surface area (Å²) in [4.78, 5) is 12.6. The van der Waals surface area contributed by atoms with E-state index < -0.39 is 11.8 Å². The highest BCUT2D eigenvalue weighted by molar-refractivity contribution is 6.24. The molecule has 0 aliphatic rings. The molecule has 0 saturated carbocycles. The third-order valence-corrected chi connectivity index (χ3v) is 3.81. The maximum atomic E-state index is 14.4. The molecule has 0 unspecified atom stereocenters. The van der Waals surface area contributed by atoms with Crippen molar-refractivity contribution in [2.45, 2.75) is 20.3 Å². The summed E-state index contributed by atoms with van der Waals surface area (Å²) in [6, 6.07) is 14.0. The number of hydrogen-bond acceptors (Lipinski definition) is 4. The molecule has 0 amide bonds. The number of ether oxygens (including phenoxy) is 3. The molecule has 2 aromatic carbocycles. The van der Waals surface area contributed by atoms with E-state index in [1.165, 1.54) is 19.2 Å². The number of benzene rings is 2. The van der Waals surface area contributed by atoms with Crippen LogP contribution in [0.15, 0.2) is 48.5 Å². The monoisotopic (exact) mass is 358 g/mol. The Morgan fingerprint density at radius 2 is 1.77 bits per heavy atom. The predicted molar refractivity (Wildman–Crippen MR) is 99.1 cm³/mol. The van der Waals surface area contributed by atoms with Gasteiger partial charge in [0.2, 0.25) is 0 Å². The Labute approximate surface area is 153 Å². The Kier molecular flexibility index (Phi) is 7.36. The first-order chi connectivity index (χ1) is 12.6. The number of methoxy groups -OCH3 is 1. The molecule has 0 atom stereocenters. The van der Waals surface area contributed by atoms with Crippen LogP contribution in [0.3, 0.4) is 0 Å². The minimum atomic E-state index is -0.565. The maximum absolute atomic E-state index is 14.4. The second-order valence-corrected chi connectivity index (χ2v) is 5.49. The van der Waals surface area contributed by atoms with Crippen LogP contribution < -0.4 is 4.74 Å². The summed E-state index contributed by atoms with van der Waals surface area (Å²) >= 11 is 0. The van der Waals surface area contributed by atoms with Gasteiger partial charge in [0.05, 0.1) is 12.2 Å². The third-order valence-electron chi connectivity index (χ3n) is 3.81. The highest BCUT2D eigenvalue weighted by Gasteiger charge is 2.20.